The van der Waals surface area contributed by atoms with Gasteiger partial charge in [0.2, 0.25) is 0 Å². The van der Waals surface area contributed by atoms with Gasteiger partial charge in [-0.25, -0.2) is 0 Å². The van der Waals surface area contributed by atoms with Crippen LogP contribution in [0.5, 0.6) is 0 Å². The van der Waals surface area contributed by atoms with Crippen LogP contribution >= 0.6 is 0 Å². The molecular formula is C18H28O8. The molecule has 1 saturated heterocycles. The van der Waals surface area contributed by atoms with Crippen molar-refractivity contribution in [1.82, 2.24) is 0 Å². The summed E-state index contributed by atoms with van der Waals surface area (Å²) in [5.41, 5.74) is 1.57. The maximum Gasteiger partial charge on any atom is 0.303 e. The van der Waals surface area contributed by atoms with Crippen molar-refractivity contribution in [2.75, 3.05) is 13.2 Å². The largest absolute Gasteiger partial charge is 0.454 e. The third-order valence-electron chi connectivity index (χ3n) is 4.01. The van der Waals surface area contributed by atoms with Crippen LogP contribution in [-0.2, 0) is 23.8 Å². The maximum atomic E-state index is 11.2. The zero-order valence-corrected chi connectivity index (χ0v) is 15.2. The number of carbonyl (C=O) groups excluding carboxylic acids is 2. The molecule has 0 aromatic rings. The second-order valence-corrected chi connectivity index (χ2v) is 6.26. The molecule has 1 rings (SSSR count). The molecule has 0 amide bonds. The normalized spacial score (nSPS) is 29.3. The molecule has 0 radical (unpaired) electrons. The molecule has 3 N–H and O–H groups in total. The molecule has 0 bridgehead atoms. The predicted octanol–water partition coefficient (Wildman–Crippen LogP) is 0.245. The van der Waals surface area contributed by atoms with E-state index in [-0.39, 0.29) is 6.61 Å². The Morgan fingerprint density at radius 2 is 1.92 bits per heavy atom. The minimum Gasteiger partial charge on any atom is -0.454 e. The molecule has 5 unspecified atom stereocenters. The summed E-state index contributed by atoms with van der Waals surface area (Å²) in [5.74, 6) is -0.650. The first-order valence-electron chi connectivity index (χ1n) is 8.50. The number of aldehydes is 1. The molecule has 1 heterocycles. The lowest BCUT2D eigenvalue weighted by Crippen LogP contribution is -2.60. The van der Waals surface area contributed by atoms with Gasteiger partial charge in [0.25, 0.3) is 0 Å². The van der Waals surface area contributed by atoms with E-state index < -0.39 is 43.3 Å². The van der Waals surface area contributed by atoms with Crippen molar-refractivity contribution in [3.63, 3.8) is 0 Å². The third-order valence-corrected chi connectivity index (χ3v) is 4.01. The Morgan fingerprint density at radius 3 is 2.50 bits per heavy atom. The summed E-state index contributed by atoms with van der Waals surface area (Å²) in [4.78, 5) is 21.7. The predicted molar refractivity (Wildman–Crippen MR) is 92.1 cm³/mol. The third kappa shape index (κ3) is 6.97. The number of rotatable bonds is 10. The fourth-order valence-corrected chi connectivity index (χ4v) is 2.50. The molecule has 8 nitrogen and oxygen atoms in total. The maximum absolute atomic E-state index is 11.2. The van der Waals surface area contributed by atoms with Crippen molar-refractivity contribution in [2.45, 2.75) is 63.8 Å². The van der Waals surface area contributed by atoms with Crippen LogP contribution in [0.4, 0.5) is 0 Å². The lowest BCUT2D eigenvalue weighted by atomic mass is 9.99. The quantitative estimate of drug-likeness (QED) is 0.216. The highest BCUT2D eigenvalue weighted by Crippen LogP contribution is 2.25. The molecule has 0 spiro atoms. The van der Waals surface area contributed by atoms with Gasteiger partial charge >= 0.3 is 5.97 Å². The summed E-state index contributed by atoms with van der Waals surface area (Å²) < 4.78 is 16.0. The lowest BCUT2D eigenvalue weighted by molar-refractivity contribution is -0.303. The number of hydrogen-bond acceptors (Lipinski definition) is 8. The van der Waals surface area contributed by atoms with Gasteiger partial charge in [0.1, 0.15) is 24.6 Å². The molecule has 0 aromatic carbocycles. The van der Waals surface area contributed by atoms with E-state index in [1.54, 1.807) is 6.92 Å². The van der Waals surface area contributed by atoms with E-state index in [1.165, 1.54) is 6.92 Å². The zero-order chi connectivity index (χ0) is 19.7. The first-order chi connectivity index (χ1) is 12.3. The van der Waals surface area contributed by atoms with Crippen LogP contribution in [0, 0.1) is 0 Å². The Labute approximate surface area is 153 Å². The molecule has 8 heteroatoms. The lowest BCUT2D eigenvalue weighted by Gasteiger charge is -2.41. The van der Waals surface area contributed by atoms with E-state index in [9.17, 15) is 24.9 Å². The zero-order valence-electron chi connectivity index (χ0n) is 15.2. The highest BCUT2D eigenvalue weighted by atomic mass is 16.7. The number of carbonyl (C=O) groups is 2. The molecule has 0 aliphatic carbocycles. The average Bonchev–Trinajstić information content (AvgIpc) is 2.60. The summed E-state index contributed by atoms with van der Waals surface area (Å²) in [7, 11) is 0. The summed E-state index contributed by atoms with van der Waals surface area (Å²) in [6.45, 7) is 6.51. The van der Waals surface area contributed by atoms with Gasteiger partial charge in [-0.05, 0) is 31.8 Å². The van der Waals surface area contributed by atoms with Gasteiger partial charge in [0, 0.05) is 6.92 Å². The minimum atomic E-state index is -1.44. The van der Waals surface area contributed by atoms with Gasteiger partial charge in [-0.1, -0.05) is 18.2 Å². The van der Waals surface area contributed by atoms with E-state index in [2.05, 4.69) is 6.58 Å². The first kappa shape index (κ1) is 22.5. The van der Waals surface area contributed by atoms with Crippen molar-refractivity contribution in [3.05, 3.63) is 23.8 Å². The van der Waals surface area contributed by atoms with Crippen LogP contribution in [0.2, 0.25) is 0 Å². The average molecular weight is 372 g/mol. The number of esters is 1. The number of aliphatic hydroxyl groups is 3. The van der Waals surface area contributed by atoms with Crippen molar-refractivity contribution < 1.29 is 39.1 Å². The van der Waals surface area contributed by atoms with Crippen molar-refractivity contribution in [3.8, 4) is 0 Å². The topological polar surface area (TPSA) is 123 Å². The van der Waals surface area contributed by atoms with Crippen LogP contribution in [-0.4, -0.2) is 71.5 Å². The van der Waals surface area contributed by atoms with Crippen LogP contribution in [0.15, 0.2) is 23.8 Å². The molecule has 1 fully saturated rings. The van der Waals surface area contributed by atoms with Crippen LogP contribution in [0.25, 0.3) is 0 Å². The van der Waals surface area contributed by atoms with Gasteiger partial charge in [-0.15, -0.1) is 0 Å². The molecule has 148 valence electrons. The van der Waals surface area contributed by atoms with E-state index in [0.29, 0.717) is 24.8 Å². The Morgan fingerprint density at radius 1 is 1.23 bits per heavy atom. The van der Waals surface area contributed by atoms with Gasteiger partial charge in [-0.2, -0.15) is 0 Å². The van der Waals surface area contributed by atoms with Crippen molar-refractivity contribution in [2.24, 2.45) is 0 Å². The van der Waals surface area contributed by atoms with E-state index in [0.717, 1.165) is 11.9 Å². The van der Waals surface area contributed by atoms with Gasteiger partial charge < -0.3 is 29.5 Å². The van der Waals surface area contributed by atoms with E-state index >= 15 is 0 Å². The Balaban J connectivity index is 2.54. The fraction of sp³-hybridized carbons (Fsp3) is 0.667. The van der Waals surface area contributed by atoms with Crippen LogP contribution in [0.3, 0.4) is 0 Å². The molecule has 1 aliphatic heterocycles. The molecule has 26 heavy (non-hydrogen) atoms. The summed E-state index contributed by atoms with van der Waals surface area (Å²) in [6.07, 6.45) is -1.68. The number of hydrogen-bond donors (Lipinski definition) is 3. The van der Waals surface area contributed by atoms with Gasteiger partial charge in [-0.3, -0.25) is 9.59 Å². The number of ether oxygens (including phenoxy) is 3. The minimum absolute atomic E-state index is 0.193. The van der Waals surface area contributed by atoms with Gasteiger partial charge in [0.15, 0.2) is 12.4 Å². The Bertz CT molecular complexity index is 515. The van der Waals surface area contributed by atoms with Gasteiger partial charge in [0.05, 0.1) is 13.2 Å². The van der Waals surface area contributed by atoms with Crippen LogP contribution < -0.4 is 0 Å². The molecule has 0 aromatic heterocycles. The summed E-state index contributed by atoms with van der Waals surface area (Å²) in [6, 6.07) is 0. The monoisotopic (exact) mass is 372 g/mol. The van der Waals surface area contributed by atoms with Crippen molar-refractivity contribution >= 4 is 12.3 Å². The molecule has 1 aliphatic rings. The summed E-state index contributed by atoms with van der Waals surface area (Å²) in [5, 5.41) is 29.2. The van der Waals surface area contributed by atoms with E-state index in [1.807, 2.05) is 6.08 Å². The Kier molecular flexibility index (Phi) is 9.68. The number of aliphatic hydroxyl groups excluding tert-OH is 3. The first-order valence-corrected chi connectivity index (χ1v) is 8.50. The molecular weight excluding hydrogens is 344 g/mol. The van der Waals surface area contributed by atoms with Crippen molar-refractivity contribution in [1.29, 1.82) is 0 Å². The molecule has 5 atom stereocenters. The summed E-state index contributed by atoms with van der Waals surface area (Å²) >= 11 is 0. The highest BCUT2D eigenvalue weighted by molar-refractivity contribution is 5.71. The fourth-order valence-electron chi connectivity index (χ4n) is 2.50. The second-order valence-electron chi connectivity index (χ2n) is 6.26. The second kappa shape index (κ2) is 11.2. The standard InChI is InChI=1S/C18H28O8/c1-11(5-4-6-12(2)9-19)7-8-24-18-17(25-13(3)21)16(23)15(22)14(10-20)26-18/h6,9,14-18,20,22-23H,1,4-5,7-8,10H2,2-3H3. The highest BCUT2D eigenvalue weighted by Gasteiger charge is 2.46. The molecule has 0 saturated carbocycles. The Hall–Kier alpha value is -1.58. The smallest absolute Gasteiger partial charge is 0.303 e. The van der Waals surface area contributed by atoms with Crippen LogP contribution in [0.1, 0.15) is 33.1 Å². The van der Waals surface area contributed by atoms with E-state index in [4.69, 9.17) is 14.2 Å². The SMILES string of the molecule is C=C(CCC=C(C)C=O)CCOC1OC(CO)C(O)C(O)C1OC(C)=O. The number of allylic oxidation sites excluding steroid dienone is 2.